The van der Waals surface area contributed by atoms with Gasteiger partial charge in [-0.1, -0.05) is 29.5 Å². The fraction of sp³-hybridized carbons (Fsp3) is 0.176. The summed E-state index contributed by atoms with van der Waals surface area (Å²) in [7, 11) is 0. The Balaban J connectivity index is 1.89. The van der Waals surface area contributed by atoms with Crippen molar-refractivity contribution in [2.45, 2.75) is 19.6 Å². The Labute approximate surface area is 132 Å². The number of halogens is 2. The lowest BCUT2D eigenvalue weighted by atomic mass is 10.1. The van der Waals surface area contributed by atoms with Gasteiger partial charge in [0, 0.05) is 6.42 Å². The average molecular weight is 315 g/mol. The van der Waals surface area contributed by atoms with Crippen LogP contribution in [0.15, 0.2) is 48.5 Å². The van der Waals surface area contributed by atoms with Crippen molar-refractivity contribution in [3.8, 4) is 0 Å². The number of aromatic nitrogens is 3. The number of hydrogen-bond acceptors (Lipinski definition) is 3. The first-order chi connectivity index (χ1) is 11.2. The monoisotopic (exact) mass is 315 g/mol. The second kappa shape index (κ2) is 6.66. The van der Waals surface area contributed by atoms with Gasteiger partial charge in [0.1, 0.15) is 17.3 Å². The molecule has 3 aromatic rings. The van der Waals surface area contributed by atoms with Crippen LogP contribution in [0.4, 0.5) is 8.78 Å². The average Bonchev–Trinajstić information content (AvgIpc) is 2.91. The SMILES string of the molecule is OCc1nnn(Cc2cccc(F)c2)c1Cc1ccc(F)cc1. The second-order valence-electron chi connectivity index (χ2n) is 5.23. The zero-order valence-electron chi connectivity index (χ0n) is 12.3. The van der Waals surface area contributed by atoms with Crippen molar-refractivity contribution >= 4 is 0 Å². The molecule has 0 aliphatic heterocycles. The van der Waals surface area contributed by atoms with Crippen LogP contribution in [0, 0.1) is 11.6 Å². The number of aliphatic hydroxyl groups excluding tert-OH is 1. The maximum Gasteiger partial charge on any atom is 0.123 e. The van der Waals surface area contributed by atoms with E-state index in [1.54, 1.807) is 28.9 Å². The molecular formula is C17H15F2N3O. The lowest BCUT2D eigenvalue weighted by molar-refractivity contribution is 0.275. The summed E-state index contributed by atoms with van der Waals surface area (Å²) in [6.07, 6.45) is 0.457. The van der Waals surface area contributed by atoms with E-state index in [4.69, 9.17) is 0 Å². The van der Waals surface area contributed by atoms with E-state index >= 15 is 0 Å². The van der Waals surface area contributed by atoms with E-state index in [2.05, 4.69) is 10.3 Å². The van der Waals surface area contributed by atoms with Crippen LogP contribution in [-0.4, -0.2) is 20.1 Å². The summed E-state index contributed by atoms with van der Waals surface area (Å²) in [5.41, 5.74) is 2.82. The van der Waals surface area contributed by atoms with Crippen molar-refractivity contribution in [2.75, 3.05) is 0 Å². The van der Waals surface area contributed by atoms with Gasteiger partial charge in [-0.2, -0.15) is 0 Å². The van der Waals surface area contributed by atoms with Gasteiger partial charge in [0.25, 0.3) is 0 Å². The number of hydrogen-bond donors (Lipinski definition) is 1. The van der Waals surface area contributed by atoms with Crippen LogP contribution in [0.3, 0.4) is 0 Å². The minimum Gasteiger partial charge on any atom is -0.390 e. The normalized spacial score (nSPS) is 10.9. The highest BCUT2D eigenvalue weighted by molar-refractivity contribution is 5.25. The van der Waals surface area contributed by atoms with E-state index in [-0.39, 0.29) is 18.2 Å². The van der Waals surface area contributed by atoms with Gasteiger partial charge in [0.15, 0.2) is 0 Å². The van der Waals surface area contributed by atoms with E-state index in [0.29, 0.717) is 18.7 Å². The van der Waals surface area contributed by atoms with Gasteiger partial charge in [0.2, 0.25) is 0 Å². The maximum absolute atomic E-state index is 13.3. The summed E-state index contributed by atoms with van der Waals surface area (Å²) in [5.74, 6) is -0.618. The maximum atomic E-state index is 13.3. The molecule has 0 saturated heterocycles. The van der Waals surface area contributed by atoms with E-state index in [1.807, 2.05) is 0 Å². The molecule has 0 amide bonds. The number of rotatable bonds is 5. The second-order valence-corrected chi connectivity index (χ2v) is 5.23. The molecule has 0 fully saturated rings. The van der Waals surface area contributed by atoms with Crippen LogP contribution in [-0.2, 0) is 19.6 Å². The van der Waals surface area contributed by atoms with Crippen molar-refractivity contribution in [2.24, 2.45) is 0 Å². The lowest BCUT2D eigenvalue weighted by Crippen LogP contribution is -2.08. The van der Waals surface area contributed by atoms with E-state index in [9.17, 15) is 13.9 Å². The third-order valence-corrected chi connectivity index (χ3v) is 3.57. The molecule has 0 radical (unpaired) electrons. The quantitative estimate of drug-likeness (QED) is 0.787. The summed E-state index contributed by atoms with van der Waals surface area (Å²) in [6.45, 7) is 0.112. The molecule has 23 heavy (non-hydrogen) atoms. The molecule has 0 atom stereocenters. The smallest absolute Gasteiger partial charge is 0.123 e. The molecule has 1 N–H and O–H groups in total. The Kier molecular flexibility index (Phi) is 4.43. The van der Waals surface area contributed by atoms with E-state index < -0.39 is 0 Å². The van der Waals surface area contributed by atoms with Crippen LogP contribution >= 0.6 is 0 Å². The molecule has 4 nitrogen and oxygen atoms in total. The van der Waals surface area contributed by atoms with Crippen molar-refractivity contribution < 1.29 is 13.9 Å². The molecule has 1 heterocycles. The summed E-state index contributed by atoms with van der Waals surface area (Å²) < 4.78 is 27.9. The zero-order chi connectivity index (χ0) is 16.2. The molecular weight excluding hydrogens is 300 g/mol. The molecule has 0 bridgehead atoms. The summed E-state index contributed by atoms with van der Waals surface area (Å²) in [5, 5.41) is 17.4. The van der Waals surface area contributed by atoms with Crippen LogP contribution in [0.1, 0.15) is 22.5 Å². The Bertz CT molecular complexity index is 800. The first-order valence-corrected chi connectivity index (χ1v) is 7.16. The van der Waals surface area contributed by atoms with Gasteiger partial charge in [-0.3, -0.25) is 0 Å². The Morgan fingerprint density at radius 1 is 0.957 bits per heavy atom. The van der Waals surface area contributed by atoms with Crippen molar-refractivity contribution in [1.82, 2.24) is 15.0 Å². The minimum absolute atomic E-state index is 0.236. The molecule has 0 spiro atoms. The number of aliphatic hydroxyl groups is 1. The van der Waals surface area contributed by atoms with Crippen molar-refractivity contribution in [1.29, 1.82) is 0 Å². The zero-order valence-corrected chi connectivity index (χ0v) is 12.3. The molecule has 0 aliphatic rings. The predicted octanol–water partition coefficient (Wildman–Crippen LogP) is 2.69. The standard InChI is InChI=1S/C17H15F2N3O/c18-14-6-4-12(5-7-14)9-17-16(11-23)20-21-22(17)10-13-2-1-3-15(19)8-13/h1-8,23H,9-11H2. The van der Waals surface area contributed by atoms with Gasteiger partial charge in [-0.25, -0.2) is 13.5 Å². The summed E-state index contributed by atoms with van der Waals surface area (Å²) >= 11 is 0. The Morgan fingerprint density at radius 3 is 2.43 bits per heavy atom. The lowest BCUT2D eigenvalue weighted by Gasteiger charge is -2.08. The molecule has 3 rings (SSSR count). The van der Waals surface area contributed by atoms with Gasteiger partial charge < -0.3 is 5.11 Å². The van der Waals surface area contributed by atoms with Crippen LogP contribution in [0.5, 0.6) is 0 Å². The third-order valence-electron chi connectivity index (χ3n) is 3.57. The number of benzene rings is 2. The van der Waals surface area contributed by atoms with E-state index in [1.165, 1.54) is 24.3 Å². The van der Waals surface area contributed by atoms with Crippen LogP contribution in [0.2, 0.25) is 0 Å². The van der Waals surface area contributed by atoms with Crippen molar-refractivity contribution in [3.63, 3.8) is 0 Å². The van der Waals surface area contributed by atoms with Crippen molar-refractivity contribution in [3.05, 3.63) is 82.7 Å². The third kappa shape index (κ3) is 3.60. The number of nitrogens with zero attached hydrogens (tertiary/aromatic N) is 3. The Hall–Kier alpha value is -2.60. The fourth-order valence-corrected chi connectivity index (χ4v) is 2.42. The molecule has 6 heteroatoms. The van der Waals surface area contributed by atoms with Gasteiger partial charge in [0.05, 0.1) is 18.8 Å². The van der Waals surface area contributed by atoms with Crippen LogP contribution in [0.25, 0.3) is 0 Å². The fourth-order valence-electron chi connectivity index (χ4n) is 2.42. The largest absolute Gasteiger partial charge is 0.390 e. The van der Waals surface area contributed by atoms with Gasteiger partial charge in [-0.15, -0.1) is 5.10 Å². The first-order valence-electron chi connectivity index (χ1n) is 7.16. The summed E-state index contributed by atoms with van der Waals surface area (Å²) in [4.78, 5) is 0. The topological polar surface area (TPSA) is 50.9 Å². The molecule has 1 aromatic heterocycles. The summed E-state index contributed by atoms with van der Waals surface area (Å²) in [6, 6.07) is 12.4. The highest BCUT2D eigenvalue weighted by Gasteiger charge is 2.13. The molecule has 2 aromatic carbocycles. The highest BCUT2D eigenvalue weighted by atomic mass is 19.1. The minimum atomic E-state index is -0.315. The molecule has 0 saturated carbocycles. The Morgan fingerprint density at radius 2 is 1.74 bits per heavy atom. The highest BCUT2D eigenvalue weighted by Crippen LogP contribution is 2.15. The van der Waals surface area contributed by atoms with Crippen LogP contribution < -0.4 is 0 Å². The molecule has 0 aliphatic carbocycles. The molecule has 118 valence electrons. The van der Waals surface area contributed by atoms with Gasteiger partial charge >= 0.3 is 0 Å². The first kappa shape index (κ1) is 15.3. The van der Waals surface area contributed by atoms with E-state index in [0.717, 1.165) is 16.8 Å². The molecule has 0 unspecified atom stereocenters. The van der Waals surface area contributed by atoms with Gasteiger partial charge in [-0.05, 0) is 35.4 Å². The predicted molar refractivity (Wildman–Crippen MR) is 80.7 cm³/mol.